The average molecular weight is 313 g/mol. The van der Waals surface area contributed by atoms with Gasteiger partial charge in [0.25, 0.3) is 0 Å². The van der Waals surface area contributed by atoms with Gasteiger partial charge in [0.05, 0.1) is 23.3 Å². The Hall–Kier alpha value is -3.49. The van der Waals surface area contributed by atoms with Crippen LogP contribution in [0.4, 0.5) is 16.6 Å². The minimum atomic E-state index is -0.642. The number of fused-ring (bicyclic) bond motifs is 1. The lowest BCUT2D eigenvalue weighted by atomic mass is 10.3. The van der Waals surface area contributed by atoms with Crippen LogP contribution in [0.1, 0.15) is 5.76 Å². The topological polar surface area (TPSA) is 116 Å². The Morgan fingerprint density at radius 1 is 1.39 bits per heavy atom. The lowest BCUT2D eigenvalue weighted by Crippen LogP contribution is -2.24. The van der Waals surface area contributed by atoms with Crippen LogP contribution in [0.2, 0.25) is 0 Å². The molecule has 2 heterocycles. The number of carbonyl (C=O) groups is 1. The van der Waals surface area contributed by atoms with Crippen LogP contribution in [0.5, 0.6) is 0 Å². The van der Waals surface area contributed by atoms with Gasteiger partial charge >= 0.3 is 11.9 Å². The van der Waals surface area contributed by atoms with Gasteiger partial charge in [-0.2, -0.15) is 0 Å². The van der Waals surface area contributed by atoms with Gasteiger partial charge in [0.2, 0.25) is 5.95 Å². The van der Waals surface area contributed by atoms with Gasteiger partial charge < -0.3 is 9.73 Å². The van der Waals surface area contributed by atoms with E-state index in [0.29, 0.717) is 11.0 Å². The predicted molar refractivity (Wildman–Crippen MR) is 82.2 cm³/mol. The molecule has 0 aliphatic carbocycles. The van der Waals surface area contributed by atoms with E-state index in [4.69, 9.17) is 4.42 Å². The van der Waals surface area contributed by atoms with Crippen LogP contribution in [-0.2, 0) is 0 Å². The number of benzene rings is 1. The van der Waals surface area contributed by atoms with Crippen molar-refractivity contribution >= 4 is 35.1 Å². The molecule has 1 aromatic carbocycles. The van der Waals surface area contributed by atoms with Gasteiger partial charge in [-0.1, -0.05) is 12.1 Å². The Labute approximate surface area is 129 Å². The molecule has 0 aliphatic heterocycles. The maximum atomic E-state index is 12.0. The first kappa shape index (κ1) is 14.4. The molecule has 0 saturated carbocycles. The van der Waals surface area contributed by atoms with E-state index in [0.717, 1.165) is 0 Å². The third kappa shape index (κ3) is 2.67. The first-order chi connectivity index (χ1) is 11.1. The summed E-state index contributed by atoms with van der Waals surface area (Å²) >= 11 is 0. The molecule has 2 aromatic heterocycles. The second kappa shape index (κ2) is 5.72. The lowest BCUT2D eigenvalue weighted by Gasteiger charge is -2.03. The van der Waals surface area contributed by atoms with Crippen molar-refractivity contribution in [3.8, 4) is 0 Å². The number of para-hydroxylation sites is 2. The highest BCUT2D eigenvalue weighted by Gasteiger charge is 2.15. The zero-order valence-corrected chi connectivity index (χ0v) is 12.0. The Morgan fingerprint density at radius 2 is 2.17 bits per heavy atom. The van der Waals surface area contributed by atoms with E-state index in [2.05, 4.69) is 15.3 Å². The number of aliphatic imine (C=N–C) groups is 1. The Kier molecular flexibility index (Phi) is 3.59. The van der Waals surface area contributed by atoms with Crippen molar-refractivity contribution in [2.24, 2.45) is 4.99 Å². The molecule has 3 aromatic rings. The molecule has 0 unspecified atom stereocenters. The smallest absolute Gasteiger partial charge is 0.400 e. The number of nitrogens with one attached hydrogen (secondary N) is 1. The molecule has 9 nitrogen and oxygen atoms in total. The SMILES string of the molecule is CNC(=O)n1c(/N=C/c2ccc([N+](=O)[O-])o2)nc2ccccc21. The van der Waals surface area contributed by atoms with Crippen molar-refractivity contribution in [2.75, 3.05) is 7.05 Å². The fourth-order valence-electron chi connectivity index (χ4n) is 2.04. The van der Waals surface area contributed by atoms with Crippen molar-refractivity contribution < 1.29 is 14.1 Å². The van der Waals surface area contributed by atoms with Crippen LogP contribution < -0.4 is 5.32 Å². The number of hydrogen-bond donors (Lipinski definition) is 1. The highest BCUT2D eigenvalue weighted by atomic mass is 16.6. The third-order valence-corrected chi connectivity index (χ3v) is 3.06. The Bertz CT molecular complexity index is 924. The second-order valence-electron chi connectivity index (χ2n) is 4.48. The molecule has 1 N–H and O–H groups in total. The number of hydrogen-bond acceptors (Lipinski definition) is 6. The summed E-state index contributed by atoms with van der Waals surface area (Å²) in [5, 5.41) is 13.1. The summed E-state index contributed by atoms with van der Waals surface area (Å²) in [6.45, 7) is 0. The minimum Gasteiger partial charge on any atom is -0.400 e. The molecule has 0 spiro atoms. The fraction of sp³-hybridized carbons (Fsp3) is 0.0714. The van der Waals surface area contributed by atoms with Crippen LogP contribution in [0.15, 0.2) is 45.8 Å². The van der Waals surface area contributed by atoms with E-state index in [-0.39, 0.29) is 17.6 Å². The normalized spacial score (nSPS) is 11.2. The summed E-state index contributed by atoms with van der Waals surface area (Å²) in [4.78, 5) is 30.4. The summed E-state index contributed by atoms with van der Waals surface area (Å²) < 4.78 is 6.29. The molecule has 0 atom stereocenters. The molecule has 0 bridgehead atoms. The standard InChI is InChI=1S/C14H11N5O4/c1-15-14(20)18-11-5-3-2-4-10(11)17-13(18)16-8-9-6-7-12(23-9)19(21)22/h2-8H,1H3,(H,15,20)/b16-8+. The maximum absolute atomic E-state index is 12.0. The minimum absolute atomic E-state index is 0.143. The maximum Gasteiger partial charge on any atom is 0.433 e. The van der Waals surface area contributed by atoms with E-state index in [1.165, 1.54) is 30.0 Å². The van der Waals surface area contributed by atoms with Crippen LogP contribution in [0.3, 0.4) is 0 Å². The van der Waals surface area contributed by atoms with E-state index >= 15 is 0 Å². The molecule has 0 aliphatic rings. The van der Waals surface area contributed by atoms with Crippen LogP contribution in [-0.4, -0.2) is 33.8 Å². The number of furan rings is 1. The van der Waals surface area contributed by atoms with Crippen LogP contribution >= 0.6 is 0 Å². The highest BCUT2D eigenvalue weighted by molar-refractivity contribution is 5.93. The van der Waals surface area contributed by atoms with Gasteiger partial charge in [-0.15, -0.1) is 0 Å². The molecule has 116 valence electrons. The lowest BCUT2D eigenvalue weighted by molar-refractivity contribution is -0.402. The van der Waals surface area contributed by atoms with Crippen LogP contribution in [0.25, 0.3) is 11.0 Å². The Balaban J connectivity index is 2.03. The molecule has 1 amide bonds. The Morgan fingerprint density at radius 3 is 2.87 bits per heavy atom. The highest BCUT2D eigenvalue weighted by Crippen LogP contribution is 2.22. The molecule has 0 fully saturated rings. The molecule has 3 rings (SSSR count). The summed E-state index contributed by atoms with van der Waals surface area (Å²) in [7, 11) is 1.50. The van der Waals surface area contributed by atoms with Crippen molar-refractivity contribution in [1.82, 2.24) is 14.9 Å². The van der Waals surface area contributed by atoms with Gasteiger partial charge in [0.1, 0.15) is 4.92 Å². The van der Waals surface area contributed by atoms with E-state index in [1.807, 2.05) is 0 Å². The molecular formula is C14H11N5O4. The number of rotatable bonds is 3. The summed E-state index contributed by atoms with van der Waals surface area (Å²) in [6.07, 6.45) is 1.27. The number of amides is 1. The summed E-state index contributed by atoms with van der Waals surface area (Å²) in [5.41, 5.74) is 1.21. The molecule has 23 heavy (non-hydrogen) atoms. The number of imidazole rings is 1. The summed E-state index contributed by atoms with van der Waals surface area (Å²) in [5.74, 6) is -0.0527. The van der Waals surface area contributed by atoms with E-state index in [9.17, 15) is 14.9 Å². The van der Waals surface area contributed by atoms with Gasteiger partial charge in [0.15, 0.2) is 5.76 Å². The quantitative estimate of drug-likeness (QED) is 0.453. The van der Waals surface area contributed by atoms with E-state index in [1.54, 1.807) is 24.3 Å². The van der Waals surface area contributed by atoms with Crippen LogP contribution in [0, 0.1) is 10.1 Å². The van der Waals surface area contributed by atoms with Crippen molar-refractivity contribution in [3.63, 3.8) is 0 Å². The first-order valence-electron chi connectivity index (χ1n) is 6.58. The molecule has 0 radical (unpaired) electrons. The van der Waals surface area contributed by atoms with Gasteiger partial charge in [0, 0.05) is 7.05 Å². The fourth-order valence-corrected chi connectivity index (χ4v) is 2.04. The largest absolute Gasteiger partial charge is 0.433 e. The van der Waals surface area contributed by atoms with Gasteiger partial charge in [-0.3, -0.25) is 10.1 Å². The number of nitro groups is 1. The van der Waals surface area contributed by atoms with Crippen molar-refractivity contribution in [1.29, 1.82) is 0 Å². The average Bonchev–Trinajstić information content (AvgIpc) is 3.16. The number of nitrogens with zero attached hydrogens (tertiary/aromatic N) is 4. The zero-order valence-electron chi connectivity index (χ0n) is 12.0. The molecule has 0 saturated heterocycles. The molecular weight excluding hydrogens is 302 g/mol. The first-order valence-corrected chi connectivity index (χ1v) is 6.58. The van der Waals surface area contributed by atoms with Crippen molar-refractivity contribution in [3.05, 3.63) is 52.3 Å². The zero-order chi connectivity index (χ0) is 16.4. The predicted octanol–water partition coefficient (Wildman–Crippen LogP) is 2.48. The monoisotopic (exact) mass is 313 g/mol. The second-order valence-corrected chi connectivity index (χ2v) is 4.48. The third-order valence-electron chi connectivity index (χ3n) is 3.06. The number of carbonyl (C=O) groups excluding carboxylic acids is 1. The number of aromatic nitrogens is 2. The van der Waals surface area contributed by atoms with E-state index < -0.39 is 11.0 Å². The van der Waals surface area contributed by atoms with Crippen molar-refractivity contribution in [2.45, 2.75) is 0 Å². The molecule has 9 heteroatoms. The van der Waals surface area contributed by atoms with Gasteiger partial charge in [-0.25, -0.2) is 19.3 Å². The van der Waals surface area contributed by atoms with Gasteiger partial charge in [-0.05, 0) is 18.2 Å². The summed E-state index contributed by atoms with van der Waals surface area (Å²) in [6, 6.07) is 9.33.